The molecule has 3 aromatic carbocycles. The smallest absolute Gasteiger partial charge is 0.286 e. The topological polar surface area (TPSA) is 133 Å². The Morgan fingerprint density at radius 2 is 1.82 bits per heavy atom. The molecule has 3 aliphatic heterocycles. The Bertz CT molecular complexity index is 1940. The molecule has 2 N–H and O–H groups in total. The van der Waals surface area contributed by atoms with Crippen LogP contribution in [0.4, 0.5) is 11.4 Å². The predicted molar refractivity (Wildman–Crippen MR) is 193 cm³/mol. The van der Waals surface area contributed by atoms with E-state index in [-0.39, 0.29) is 34.6 Å². The van der Waals surface area contributed by atoms with Crippen molar-refractivity contribution in [3.8, 4) is 11.1 Å². The first-order valence-corrected chi connectivity index (χ1v) is 18.4. The molecule has 12 nitrogen and oxygen atoms in total. The molecule has 0 saturated carbocycles. The number of hydrogen-bond donors (Lipinski definition) is 2. The Kier molecular flexibility index (Phi) is 9.68. The molecule has 2 fully saturated rings. The minimum Gasteiger partial charge on any atom is -0.392 e. The van der Waals surface area contributed by atoms with Crippen molar-refractivity contribution in [1.82, 2.24) is 15.3 Å². The summed E-state index contributed by atoms with van der Waals surface area (Å²) in [5.41, 5.74) is 7.26. The second kappa shape index (κ2) is 13.7. The van der Waals surface area contributed by atoms with Crippen LogP contribution in [0, 0.1) is 11.3 Å². The molecule has 3 aromatic rings. The first kappa shape index (κ1) is 35.4. The zero-order chi connectivity index (χ0) is 36.0. The molecule has 3 aliphatic rings. The average Bonchev–Trinajstić information content (AvgIpc) is 3.68. The van der Waals surface area contributed by atoms with Crippen LogP contribution in [0.3, 0.4) is 0 Å². The molecule has 0 aliphatic carbocycles. The van der Waals surface area contributed by atoms with Crippen molar-refractivity contribution < 1.29 is 27.6 Å². The van der Waals surface area contributed by atoms with E-state index in [4.69, 9.17) is 9.57 Å². The number of fused-ring (bicyclic) bond motifs is 1. The minimum absolute atomic E-state index is 0.0471. The summed E-state index contributed by atoms with van der Waals surface area (Å²) in [4.78, 5) is 37.6. The van der Waals surface area contributed by atoms with Crippen LogP contribution >= 0.6 is 0 Å². The molecule has 3 atom stereocenters. The van der Waals surface area contributed by atoms with Crippen LogP contribution in [-0.4, -0.2) is 75.6 Å². The van der Waals surface area contributed by atoms with Crippen LogP contribution in [0.5, 0.6) is 0 Å². The minimum atomic E-state index is -4.17. The molecule has 266 valence electrons. The summed E-state index contributed by atoms with van der Waals surface area (Å²) in [6.45, 7) is 11.3. The molecule has 13 heteroatoms. The third-order valence-corrected chi connectivity index (χ3v) is 11.1. The van der Waals surface area contributed by atoms with Crippen molar-refractivity contribution in [2.75, 3.05) is 37.5 Å². The second-order valence-corrected chi connectivity index (χ2v) is 15.6. The number of sulfonamides is 1. The Balaban J connectivity index is 1.44. The highest BCUT2D eigenvalue weighted by Crippen LogP contribution is 2.41. The van der Waals surface area contributed by atoms with Crippen LogP contribution in [-0.2, 0) is 37.5 Å². The maximum atomic E-state index is 13.9. The number of amides is 2. The molecule has 0 spiro atoms. The highest BCUT2D eigenvalue weighted by atomic mass is 32.2. The van der Waals surface area contributed by atoms with Gasteiger partial charge in [-0.05, 0) is 55.2 Å². The molecular formula is C37H46N6O6S. The van der Waals surface area contributed by atoms with Crippen LogP contribution in [0.25, 0.3) is 11.1 Å². The highest BCUT2D eigenvalue weighted by molar-refractivity contribution is 7.90. The Morgan fingerprint density at radius 3 is 2.48 bits per heavy atom. The number of para-hydroxylation sites is 1. The monoisotopic (exact) mass is 702 g/mol. The number of benzene rings is 3. The molecule has 0 radical (unpaired) electrons. The number of hydrogen-bond acceptors (Lipinski definition) is 9. The van der Waals surface area contributed by atoms with Gasteiger partial charge in [-0.1, -0.05) is 63.2 Å². The van der Waals surface area contributed by atoms with Crippen LogP contribution in [0.2, 0.25) is 0 Å². The van der Waals surface area contributed by atoms with Crippen molar-refractivity contribution in [1.29, 1.82) is 0 Å². The SMILES string of the molecule is CCOC1Nc2cccc(C(=O)N(C)C)c2N1Cc1ccc(-c2ccccc2S(=O)(=O)N=C2ON[C@@H](C)C2C)c(CN2CCC(C)(C)C2=O)c1. The van der Waals surface area contributed by atoms with Crippen molar-refractivity contribution in [3.05, 3.63) is 77.4 Å². The molecule has 2 saturated heterocycles. The van der Waals surface area contributed by atoms with E-state index in [9.17, 15) is 18.0 Å². The fourth-order valence-corrected chi connectivity index (χ4v) is 7.90. The normalized spacial score (nSPS) is 22.1. The number of carbonyl (C=O) groups is 2. The Labute approximate surface area is 294 Å². The van der Waals surface area contributed by atoms with Crippen LogP contribution in [0.15, 0.2) is 70.0 Å². The van der Waals surface area contributed by atoms with E-state index in [0.717, 1.165) is 28.9 Å². The van der Waals surface area contributed by atoms with Crippen molar-refractivity contribution in [2.24, 2.45) is 15.7 Å². The van der Waals surface area contributed by atoms with Gasteiger partial charge in [0.2, 0.25) is 18.2 Å². The fraction of sp³-hybridized carbons (Fsp3) is 0.432. The van der Waals surface area contributed by atoms with Crippen LogP contribution < -0.4 is 15.7 Å². The van der Waals surface area contributed by atoms with E-state index >= 15 is 0 Å². The van der Waals surface area contributed by atoms with Gasteiger partial charge in [-0.25, -0.2) is 0 Å². The standard InChI is InChI=1S/C37H46N6O6S/c1-8-48-36-38-30-14-11-13-29(34(44)41(6)7)32(30)43(36)21-25-16-17-27(26(20-25)22-42-19-18-37(4,5)35(42)45)28-12-9-10-15-31(28)50(46,47)40-33-23(2)24(3)39-49-33/h9-17,20,23-24,36,38-39H,8,18-19,21-22H2,1-7H3/t23?,24-,36?/m0/s1. The fourth-order valence-electron chi connectivity index (χ4n) is 6.65. The van der Waals surface area contributed by atoms with E-state index in [1.807, 2.05) is 80.8 Å². The maximum absolute atomic E-state index is 13.9. The molecule has 0 bridgehead atoms. The molecule has 6 rings (SSSR count). The number of nitrogens with zero attached hydrogens (tertiary/aromatic N) is 4. The van der Waals surface area contributed by atoms with Gasteiger partial charge in [0.05, 0.1) is 33.8 Å². The summed E-state index contributed by atoms with van der Waals surface area (Å²) < 4.78 is 37.9. The summed E-state index contributed by atoms with van der Waals surface area (Å²) in [6.07, 6.45) is 0.209. The van der Waals surface area contributed by atoms with E-state index in [1.165, 1.54) is 0 Å². The summed E-state index contributed by atoms with van der Waals surface area (Å²) in [5.74, 6) is -0.184. The summed E-state index contributed by atoms with van der Waals surface area (Å²) >= 11 is 0. The van der Waals surface area contributed by atoms with E-state index < -0.39 is 21.8 Å². The summed E-state index contributed by atoms with van der Waals surface area (Å²) in [5, 5.41) is 3.41. The third-order valence-electron chi connectivity index (χ3n) is 9.76. The largest absolute Gasteiger partial charge is 0.392 e. The van der Waals surface area contributed by atoms with E-state index in [0.29, 0.717) is 42.9 Å². The zero-order valence-corrected chi connectivity index (χ0v) is 30.5. The molecule has 2 unspecified atom stereocenters. The van der Waals surface area contributed by atoms with E-state index in [2.05, 4.69) is 15.2 Å². The predicted octanol–water partition coefficient (Wildman–Crippen LogP) is 5.21. The lowest BCUT2D eigenvalue weighted by atomic mass is 9.92. The number of nitrogens with one attached hydrogen (secondary N) is 2. The van der Waals surface area contributed by atoms with Gasteiger partial charge in [0.1, 0.15) is 0 Å². The van der Waals surface area contributed by atoms with Crippen molar-refractivity contribution >= 4 is 39.1 Å². The number of ether oxygens (including phenoxy) is 1. The van der Waals surface area contributed by atoms with Gasteiger partial charge in [-0.15, -0.1) is 4.40 Å². The van der Waals surface area contributed by atoms with Crippen molar-refractivity contribution in [2.45, 2.75) is 71.4 Å². The lowest BCUT2D eigenvalue weighted by Gasteiger charge is -2.28. The summed E-state index contributed by atoms with van der Waals surface area (Å²) in [7, 11) is -0.724. The molecule has 50 heavy (non-hydrogen) atoms. The number of hydroxylamine groups is 1. The van der Waals surface area contributed by atoms with Gasteiger partial charge in [-0.3, -0.25) is 9.59 Å². The highest BCUT2D eigenvalue weighted by Gasteiger charge is 2.39. The first-order chi connectivity index (χ1) is 23.7. The number of rotatable bonds is 10. The number of carbonyl (C=O) groups excluding carboxylic acids is 2. The Hall–Kier alpha value is -4.46. The van der Waals surface area contributed by atoms with Gasteiger partial charge >= 0.3 is 0 Å². The quantitative estimate of drug-likeness (QED) is 0.292. The maximum Gasteiger partial charge on any atom is 0.286 e. The third kappa shape index (κ3) is 6.69. The van der Waals surface area contributed by atoms with Gasteiger partial charge in [0.25, 0.3) is 15.9 Å². The van der Waals surface area contributed by atoms with Crippen LogP contribution in [0.1, 0.15) is 62.5 Å². The lowest BCUT2D eigenvalue weighted by Crippen LogP contribution is -2.38. The molecule has 0 aromatic heterocycles. The lowest BCUT2D eigenvalue weighted by molar-refractivity contribution is -0.135. The summed E-state index contributed by atoms with van der Waals surface area (Å²) in [6, 6.07) is 18.2. The molecular weight excluding hydrogens is 657 g/mol. The molecule has 3 heterocycles. The van der Waals surface area contributed by atoms with Gasteiger partial charge in [0, 0.05) is 51.3 Å². The van der Waals surface area contributed by atoms with E-state index in [1.54, 1.807) is 43.3 Å². The number of likely N-dealkylation sites (tertiary alicyclic amines) is 1. The van der Waals surface area contributed by atoms with Crippen molar-refractivity contribution in [3.63, 3.8) is 0 Å². The van der Waals surface area contributed by atoms with Gasteiger partial charge in [0.15, 0.2) is 0 Å². The number of anilines is 2. The first-order valence-electron chi connectivity index (χ1n) is 17.0. The van der Waals surface area contributed by atoms with Gasteiger partial charge in [-0.2, -0.15) is 13.9 Å². The second-order valence-electron chi connectivity index (χ2n) is 14.0. The molecule has 2 amide bonds. The average molecular weight is 703 g/mol. The Morgan fingerprint density at radius 1 is 1.06 bits per heavy atom. The van der Waals surface area contributed by atoms with Gasteiger partial charge < -0.3 is 29.6 Å². The zero-order valence-electron chi connectivity index (χ0n) is 29.7.